The minimum atomic E-state index is -3.68. The van der Waals surface area contributed by atoms with Gasteiger partial charge >= 0.3 is 0 Å². The van der Waals surface area contributed by atoms with Crippen LogP contribution in [0, 0.1) is 17.7 Å². The van der Waals surface area contributed by atoms with Crippen LogP contribution in [-0.2, 0) is 10.0 Å². The van der Waals surface area contributed by atoms with Crippen molar-refractivity contribution in [3.05, 3.63) is 29.6 Å². The fourth-order valence-corrected chi connectivity index (χ4v) is 2.94. The Morgan fingerprint density at radius 1 is 1.47 bits per heavy atom. The van der Waals surface area contributed by atoms with Gasteiger partial charge in [0.2, 0.25) is 10.0 Å². The van der Waals surface area contributed by atoms with Crippen LogP contribution >= 0.6 is 11.8 Å². The van der Waals surface area contributed by atoms with Crippen molar-refractivity contribution in [3.63, 3.8) is 0 Å². The number of benzene rings is 1. The summed E-state index contributed by atoms with van der Waals surface area (Å²) in [4.78, 5) is -0.0315. The summed E-state index contributed by atoms with van der Waals surface area (Å²) in [6.07, 6.45) is 1.88. The first-order valence-electron chi connectivity index (χ1n) is 5.48. The molecule has 0 spiro atoms. The highest BCUT2D eigenvalue weighted by atomic mass is 32.2. The molecule has 1 aromatic rings. The van der Waals surface area contributed by atoms with E-state index in [1.807, 2.05) is 6.26 Å². The molecule has 7 heteroatoms. The van der Waals surface area contributed by atoms with Gasteiger partial charge < -0.3 is 5.73 Å². The SMILES string of the molecule is CSCCNS(=O)(=O)c1ccc(F)cc1C#CCN. The second kappa shape index (κ2) is 7.50. The van der Waals surface area contributed by atoms with E-state index in [0.717, 1.165) is 12.1 Å². The van der Waals surface area contributed by atoms with Crippen LogP contribution in [0.3, 0.4) is 0 Å². The van der Waals surface area contributed by atoms with Crippen LogP contribution in [0.15, 0.2) is 23.1 Å². The highest BCUT2D eigenvalue weighted by molar-refractivity contribution is 7.98. The molecule has 0 saturated carbocycles. The molecule has 0 aliphatic carbocycles. The Bertz CT molecular complexity index is 591. The van der Waals surface area contributed by atoms with Crippen molar-refractivity contribution in [1.82, 2.24) is 4.72 Å². The molecule has 0 bridgehead atoms. The second-order valence-corrected chi connectivity index (χ2v) is 6.26. The molecule has 104 valence electrons. The van der Waals surface area contributed by atoms with Crippen molar-refractivity contribution < 1.29 is 12.8 Å². The van der Waals surface area contributed by atoms with Gasteiger partial charge in [-0.25, -0.2) is 17.5 Å². The predicted molar refractivity (Wildman–Crippen MR) is 75.9 cm³/mol. The number of sulfonamides is 1. The molecule has 0 amide bonds. The van der Waals surface area contributed by atoms with Crippen LogP contribution in [0.2, 0.25) is 0 Å². The molecule has 1 aromatic carbocycles. The van der Waals surface area contributed by atoms with E-state index in [4.69, 9.17) is 5.73 Å². The molecule has 0 radical (unpaired) electrons. The Kier molecular flexibility index (Phi) is 6.31. The molecular formula is C12H15FN2O2S2. The maximum atomic E-state index is 13.2. The third kappa shape index (κ3) is 4.84. The Hall–Kier alpha value is -1.07. The van der Waals surface area contributed by atoms with E-state index in [0.29, 0.717) is 12.3 Å². The minimum absolute atomic E-state index is 0.0315. The molecule has 0 atom stereocenters. The average molecular weight is 302 g/mol. The predicted octanol–water partition coefficient (Wildman–Crippen LogP) is 0.777. The number of rotatable bonds is 5. The topological polar surface area (TPSA) is 72.2 Å². The summed E-state index contributed by atoms with van der Waals surface area (Å²) < 4.78 is 39.7. The maximum Gasteiger partial charge on any atom is 0.241 e. The van der Waals surface area contributed by atoms with Gasteiger partial charge in [0.25, 0.3) is 0 Å². The summed E-state index contributed by atoms with van der Waals surface area (Å²) in [6, 6.07) is 3.39. The van der Waals surface area contributed by atoms with Crippen LogP contribution in [-0.4, -0.2) is 33.5 Å². The van der Waals surface area contributed by atoms with Gasteiger partial charge in [0.1, 0.15) is 5.82 Å². The van der Waals surface area contributed by atoms with Crippen molar-refractivity contribution in [2.45, 2.75) is 4.90 Å². The maximum absolute atomic E-state index is 13.2. The number of nitrogens with one attached hydrogen (secondary N) is 1. The summed E-state index contributed by atoms with van der Waals surface area (Å²) in [5, 5.41) is 0. The smallest absolute Gasteiger partial charge is 0.241 e. The van der Waals surface area contributed by atoms with Gasteiger partial charge in [-0.05, 0) is 24.5 Å². The number of hydrogen-bond donors (Lipinski definition) is 2. The number of thioether (sulfide) groups is 1. The quantitative estimate of drug-likeness (QED) is 0.623. The first kappa shape index (κ1) is 16.0. The molecule has 0 aliphatic heterocycles. The lowest BCUT2D eigenvalue weighted by Gasteiger charge is -2.08. The summed E-state index contributed by atoms with van der Waals surface area (Å²) in [5.41, 5.74) is 5.35. The van der Waals surface area contributed by atoms with Crippen molar-refractivity contribution in [2.75, 3.05) is 25.1 Å². The van der Waals surface area contributed by atoms with Gasteiger partial charge in [-0.3, -0.25) is 0 Å². The van der Waals surface area contributed by atoms with E-state index in [9.17, 15) is 12.8 Å². The van der Waals surface area contributed by atoms with E-state index in [2.05, 4.69) is 16.6 Å². The minimum Gasteiger partial charge on any atom is -0.320 e. The average Bonchev–Trinajstić information content (AvgIpc) is 2.36. The van der Waals surface area contributed by atoms with Crippen molar-refractivity contribution >= 4 is 21.8 Å². The standard InChI is InChI=1S/C12H15FN2O2S2/c1-18-8-7-15-19(16,17)12-5-4-11(13)9-10(12)3-2-6-14/h4-5,9,15H,6-8,14H2,1H3. The third-order valence-corrected chi connectivity index (χ3v) is 4.29. The molecule has 0 saturated heterocycles. The molecule has 19 heavy (non-hydrogen) atoms. The zero-order chi connectivity index (χ0) is 14.3. The van der Waals surface area contributed by atoms with E-state index >= 15 is 0 Å². The molecule has 0 unspecified atom stereocenters. The molecule has 0 aromatic heterocycles. The Morgan fingerprint density at radius 3 is 2.84 bits per heavy atom. The number of nitrogens with two attached hydrogens (primary N) is 1. The zero-order valence-electron chi connectivity index (χ0n) is 10.4. The van der Waals surface area contributed by atoms with Crippen LogP contribution in [0.4, 0.5) is 4.39 Å². The fraction of sp³-hybridized carbons (Fsp3) is 0.333. The fourth-order valence-electron chi connectivity index (χ4n) is 1.34. The van der Waals surface area contributed by atoms with Crippen LogP contribution in [0.5, 0.6) is 0 Å². The van der Waals surface area contributed by atoms with E-state index in [-0.39, 0.29) is 17.0 Å². The Morgan fingerprint density at radius 2 is 2.21 bits per heavy atom. The van der Waals surface area contributed by atoms with Gasteiger partial charge in [-0.15, -0.1) is 0 Å². The Labute approximate surface area is 117 Å². The Balaban J connectivity index is 3.11. The molecule has 3 N–H and O–H groups in total. The number of hydrogen-bond acceptors (Lipinski definition) is 4. The lowest BCUT2D eigenvalue weighted by molar-refractivity contribution is 0.583. The van der Waals surface area contributed by atoms with Crippen molar-refractivity contribution in [2.24, 2.45) is 5.73 Å². The van der Waals surface area contributed by atoms with E-state index in [1.54, 1.807) is 0 Å². The zero-order valence-corrected chi connectivity index (χ0v) is 12.1. The molecule has 0 heterocycles. The lowest BCUT2D eigenvalue weighted by atomic mass is 10.2. The van der Waals surface area contributed by atoms with Gasteiger partial charge in [-0.1, -0.05) is 11.8 Å². The van der Waals surface area contributed by atoms with E-state index in [1.165, 1.54) is 17.8 Å². The first-order chi connectivity index (χ1) is 9.01. The normalized spacial score (nSPS) is 10.9. The second-order valence-electron chi connectivity index (χ2n) is 3.54. The van der Waals surface area contributed by atoms with Gasteiger partial charge in [0.15, 0.2) is 0 Å². The largest absolute Gasteiger partial charge is 0.320 e. The molecule has 4 nitrogen and oxygen atoms in total. The molecular weight excluding hydrogens is 287 g/mol. The van der Waals surface area contributed by atoms with Gasteiger partial charge in [-0.2, -0.15) is 11.8 Å². The van der Waals surface area contributed by atoms with Crippen LogP contribution < -0.4 is 10.5 Å². The first-order valence-corrected chi connectivity index (χ1v) is 8.36. The summed E-state index contributed by atoms with van der Waals surface area (Å²) in [6.45, 7) is 0.389. The number of halogens is 1. The summed E-state index contributed by atoms with van der Waals surface area (Å²) in [5.74, 6) is 5.22. The van der Waals surface area contributed by atoms with Crippen LogP contribution in [0.25, 0.3) is 0 Å². The lowest BCUT2D eigenvalue weighted by Crippen LogP contribution is -2.26. The molecule has 0 aliphatic rings. The third-order valence-electron chi connectivity index (χ3n) is 2.15. The summed E-state index contributed by atoms with van der Waals surface area (Å²) in [7, 11) is -3.68. The van der Waals surface area contributed by atoms with Crippen molar-refractivity contribution in [3.8, 4) is 11.8 Å². The highest BCUT2D eigenvalue weighted by Gasteiger charge is 2.17. The molecule has 1 rings (SSSR count). The van der Waals surface area contributed by atoms with E-state index < -0.39 is 15.8 Å². The highest BCUT2D eigenvalue weighted by Crippen LogP contribution is 2.16. The molecule has 0 fully saturated rings. The van der Waals surface area contributed by atoms with Gasteiger partial charge in [0, 0.05) is 17.9 Å². The van der Waals surface area contributed by atoms with Crippen LogP contribution in [0.1, 0.15) is 5.56 Å². The summed E-state index contributed by atoms with van der Waals surface area (Å²) >= 11 is 1.53. The monoisotopic (exact) mass is 302 g/mol. The van der Waals surface area contributed by atoms with Gasteiger partial charge in [0.05, 0.1) is 11.4 Å². The van der Waals surface area contributed by atoms with Crippen molar-refractivity contribution in [1.29, 1.82) is 0 Å².